The van der Waals surface area contributed by atoms with E-state index in [2.05, 4.69) is 10.2 Å². The van der Waals surface area contributed by atoms with Crippen LogP contribution in [0.15, 0.2) is 24.5 Å². The molecule has 2 heterocycles. The Morgan fingerprint density at radius 2 is 2.22 bits per heavy atom. The number of ketones is 1. The number of hydrogen-bond donors (Lipinski definition) is 0. The summed E-state index contributed by atoms with van der Waals surface area (Å²) in [4.78, 5) is 12.0. The molecule has 0 saturated heterocycles. The zero-order valence-electron chi connectivity index (χ0n) is 10.8. The summed E-state index contributed by atoms with van der Waals surface area (Å²) in [5, 5.41) is 8.21. The second kappa shape index (κ2) is 5.00. The van der Waals surface area contributed by atoms with Crippen molar-refractivity contribution in [1.82, 2.24) is 19.6 Å². The van der Waals surface area contributed by atoms with Gasteiger partial charge >= 0.3 is 0 Å². The molecule has 0 aromatic carbocycles. The van der Waals surface area contributed by atoms with Crippen LogP contribution < -0.4 is 0 Å². The molecule has 0 aliphatic carbocycles. The quantitative estimate of drug-likeness (QED) is 0.609. The number of aromatic nitrogens is 4. The second-order valence-electron chi connectivity index (χ2n) is 4.04. The van der Waals surface area contributed by atoms with Crippen LogP contribution in [-0.2, 0) is 13.6 Å². The first-order valence-corrected chi connectivity index (χ1v) is 5.86. The maximum atomic E-state index is 12.0. The van der Waals surface area contributed by atoms with Gasteiger partial charge in [0.2, 0.25) is 5.78 Å². The molecule has 0 N–H and O–H groups in total. The third kappa shape index (κ3) is 2.25. The van der Waals surface area contributed by atoms with Gasteiger partial charge in [-0.3, -0.25) is 14.2 Å². The standard InChI is InChI=1S/C13H16N4O/c1-4-17-12(7-8-14-17)13(18)6-5-11-9-15-16(3)10(11)2/h5-9H,4H2,1-3H3/b6-5+. The molecular formula is C13H16N4O. The highest BCUT2D eigenvalue weighted by Crippen LogP contribution is 2.09. The van der Waals surface area contributed by atoms with Gasteiger partial charge in [0.1, 0.15) is 5.69 Å². The number of nitrogens with zero attached hydrogens (tertiary/aromatic N) is 4. The highest BCUT2D eigenvalue weighted by Gasteiger charge is 2.08. The van der Waals surface area contributed by atoms with Crippen molar-refractivity contribution in [2.24, 2.45) is 7.05 Å². The van der Waals surface area contributed by atoms with Crippen molar-refractivity contribution in [3.63, 3.8) is 0 Å². The summed E-state index contributed by atoms with van der Waals surface area (Å²) in [6.07, 6.45) is 6.74. The van der Waals surface area contributed by atoms with Crippen LogP contribution in [0.2, 0.25) is 0 Å². The lowest BCUT2D eigenvalue weighted by molar-refractivity contribution is 0.103. The van der Waals surface area contributed by atoms with Crippen LogP contribution in [0, 0.1) is 6.92 Å². The zero-order valence-corrected chi connectivity index (χ0v) is 10.8. The van der Waals surface area contributed by atoms with Gasteiger partial charge in [-0.2, -0.15) is 10.2 Å². The predicted octanol–water partition coefficient (Wildman–Crippen LogP) is 1.84. The number of aryl methyl sites for hydroxylation is 2. The van der Waals surface area contributed by atoms with Gasteiger partial charge in [0, 0.05) is 31.0 Å². The number of carbonyl (C=O) groups is 1. The molecule has 2 rings (SSSR count). The van der Waals surface area contributed by atoms with E-state index in [-0.39, 0.29) is 5.78 Å². The van der Waals surface area contributed by atoms with Crippen molar-refractivity contribution in [3.05, 3.63) is 41.5 Å². The SMILES string of the molecule is CCn1nccc1C(=O)/C=C/c1cnn(C)c1C. The molecule has 0 aliphatic heterocycles. The highest BCUT2D eigenvalue weighted by molar-refractivity contribution is 6.05. The summed E-state index contributed by atoms with van der Waals surface area (Å²) >= 11 is 0. The third-order valence-corrected chi connectivity index (χ3v) is 2.96. The van der Waals surface area contributed by atoms with E-state index >= 15 is 0 Å². The van der Waals surface area contributed by atoms with Gasteiger partial charge in [-0.25, -0.2) is 0 Å². The van der Waals surface area contributed by atoms with E-state index in [1.165, 1.54) is 0 Å². The maximum absolute atomic E-state index is 12.0. The molecule has 0 radical (unpaired) electrons. The van der Waals surface area contributed by atoms with Gasteiger partial charge in [0.15, 0.2) is 0 Å². The minimum atomic E-state index is -0.0439. The monoisotopic (exact) mass is 244 g/mol. The molecule has 0 fully saturated rings. The van der Waals surface area contributed by atoms with E-state index in [0.29, 0.717) is 12.2 Å². The van der Waals surface area contributed by atoms with Gasteiger partial charge in [-0.05, 0) is 32.1 Å². The zero-order chi connectivity index (χ0) is 13.1. The lowest BCUT2D eigenvalue weighted by atomic mass is 10.2. The van der Waals surface area contributed by atoms with Crippen LogP contribution >= 0.6 is 0 Å². The van der Waals surface area contributed by atoms with E-state index in [1.807, 2.05) is 20.9 Å². The molecule has 0 unspecified atom stereocenters. The Morgan fingerprint density at radius 1 is 1.44 bits per heavy atom. The van der Waals surface area contributed by atoms with Gasteiger partial charge < -0.3 is 0 Å². The van der Waals surface area contributed by atoms with Crippen LogP contribution in [0.1, 0.15) is 28.7 Å². The van der Waals surface area contributed by atoms with Crippen LogP contribution in [0.5, 0.6) is 0 Å². The van der Waals surface area contributed by atoms with Crippen LogP contribution in [0.4, 0.5) is 0 Å². The number of carbonyl (C=O) groups excluding carboxylic acids is 1. The first-order valence-electron chi connectivity index (χ1n) is 5.86. The Balaban J connectivity index is 2.19. The van der Waals surface area contributed by atoms with Crippen molar-refractivity contribution >= 4 is 11.9 Å². The molecule has 0 amide bonds. The van der Waals surface area contributed by atoms with E-state index in [0.717, 1.165) is 11.3 Å². The minimum Gasteiger partial charge on any atom is -0.288 e. The molecule has 5 nitrogen and oxygen atoms in total. The molecule has 0 atom stereocenters. The summed E-state index contributed by atoms with van der Waals surface area (Å²) in [6, 6.07) is 1.73. The summed E-state index contributed by atoms with van der Waals surface area (Å²) < 4.78 is 3.46. The topological polar surface area (TPSA) is 52.7 Å². The highest BCUT2D eigenvalue weighted by atomic mass is 16.1. The lowest BCUT2D eigenvalue weighted by Gasteiger charge is -1.99. The van der Waals surface area contributed by atoms with Crippen molar-refractivity contribution in [1.29, 1.82) is 0 Å². The Labute approximate surface area is 106 Å². The fourth-order valence-corrected chi connectivity index (χ4v) is 1.72. The first kappa shape index (κ1) is 12.3. The largest absolute Gasteiger partial charge is 0.288 e. The van der Waals surface area contributed by atoms with Crippen LogP contribution in [-0.4, -0.2) is 25.3 Å². The summed E-state index contributed by atoms with van der Waals surface area (Å²) in [6.45, 7) is 4.61. The van der Waals surface area contributed by atoms with Gasteiger partial charge in [0.25, 0.3) is 0 Å². The normalized spacial score (nSPS) is 11.3. The number of hydrogen-bond acceptors (Lipinski definition) is 3. The molecular weight excluding hydrogens is 228 g/mol. The third-order valence-electron chi connectivity index (χ3n) is 2.96. The average molecular weight is 244 g/mol. The molecule has 0 spiro atoms. The second-order valence-corrected chi connectivity index (χ2v) is 4.04. The molecule has 0 saturated carbocycles. The van der Waals surface area contributed by atoms with E-state index in [1.54, 1.807) is 40.0 Å². The Kier molecular flexibility index (Phi) is 3.41. The predicted molar refractivity (Wildman–Crippen MR) is 69.2 cm³/mol. The number of rotatable bonds is 4. The van der Waals surface area contributed by atoms with Gasteiger partial charge in [0.05, 0.1) is 6.20 Å². The smallest absolute Gasteiger partial charge is 0.203 e. The van der Waals surface area contributed by atoms with Crippen molar-refractivity contribution in [2.75, 3.05) is 0 Å². The Bertz CT molecular complexity index is 592. The van der Waals surface area contributed by atoms with E-state index < -0.39 is 0 Å². The molecule has 5 heteroatoms. The Hall–Kier alpha value is -2.17. The first-order chi connectivity index (χ1) is 8.63. The molecule has 0 bridgehead atoms. The summed E-state index contributed by atoms with van der Waals surface area (Å²) in [5.41, 5.74) is 2.59. The van der Waals surface area contributed by atoms with Crippen LogP contribution in [0.25, 0.3) is 6.08 Å². The summed E-state index contributed by atoms with van der Waals surface area (Å²) in [7, 11) is 1.88. The average Bonchev–Trinajstić information content (AvgIpc) is 2.96. The van der Waals surface area contributed by atoms with E-state index in [9.17, 15) is 4.79 Å². The fourth-order valence-electron chi connectivity index (χ4n) is 1.72. The molecule has 0 aliphatic rings. The van der Waals surface area contributed by atoms with Crippen molar-refractivity contribution < 1.29 is 4.79 Å². The molecule has 94 valence electrons. The summed E-state index contributed by atoms with van der Waals surface area (Å²) in [5.74, 6) is -0.0439. The lowest BCUT2D eigenvalue weighted by Crippen LogP contribution is -2.07. The van der Waals surface area contributed by atoms with E-state index in [4.69, 9.17) is 0 Å². The van der Waals surface area contributed by atoms with Gasteiger partial charge in [-0.15, -0.1) is 0 Å². The fraction of sp³-hybridized carbons (Fsp3) is 0.308. The molecule has 2 aromatic heterocycles. The molecule has 18 heavy (non-hydrogen) atoms. The van der Waals surface area contributed by atoms with Gasteiger partial charge in [-0.1, -0.05) is 0 Å². The van der Waals surface area contributed by atoms with Crippen LogP contribution in [0.3, 0.4) is 0 Å². The molecule has 2 aromatic rings. The number of allylic oxidation sites excluding steroid dienone is 1. The van der Waals surface area contributed by atoms with Crippen molar-refractivity contribution in [3.8, 4) is 0 Å². The van der Waals surface area contributed by atoms with Crippen molar-refractivity contribution in [2.45, 2.75) is 20.4 Å². The Morgan fingerprint density at radius 3 is 2.83 bits per heavy atom. The minimum absolute atomic E-state index is 0.0439. The maximum Gasteiger partial charge on any atom is 0.203 e.